The van der Waals surface area contributed by atoms with E-state index in [0.717, 1.165) is 0 Å². The first-order chi connectivity index (χ1) is 9.16. The maximum Gasteiger partial charge on any atom is 0.362 e. The van der Waals surface area contributed by atoms with Crippen LogP contribution in [0.1, 0.15) is 20.7 Å². The number of benzene rings is 2. The van der Waals surface area contributed by atoms with Gasteiger partial charge in [0.15, 0.2) is 0 Å². The fourth-order valence-corrected chi connectivity index (χ4v) is 1.40. The molecular formula is C14H11NO4. The molecule has 2 rings (SSSR count). The first-order valence-corrected chi connectivity index (χ1v) is 5.52. The van der Waals surface area contributed by atoms with Gasteiger partial charge in [-0.1, -0.05) is 18.2 Å². The highest BCUT2D eigenvalue weighted by molar-refractivity contribution is 5.96. The molecule has 0 fully saturated rings. The summed E-state index contributed by atoms with van der Waals surface area (Å²) in [7, 11) is 0. The molecule has 0 atom stereocenters. The topological polar surface area (TPSA) is 75.6 Å². The van der Waals surface area contributed by atoms with Gasteiger partial charge in [0.2, 0.25) is 0 Å². The fourth-order valence-electron chi connectivity index (χ4n) is 1.40. The Morgan fingerprint density at radius 1 is 0.895 bits per heavy atom. The lowest BCUT2D eigenvalue weighted by atomic mass is 10.2. The van der Waals surface area contributed by atoms with Crippen molar-refractivity contribution in [2.24, 2.45) is 0 Å². The van der Waals surface area contributed by atoms with E-state index >= 15 is 0 Å². The molecule has 0 unspecified atom stereocenters. The highest BCUT2D eigenvalue weighted by Crippen LogP contribution is 2.09. The summed E-state index contributed by atoms with van der Waals surface area (Å²) in [6.07, 6.45) is 0. The number of hydrogen-bond acceptors (Lipinski definition) is 4. The monoisotopic (exact) mass is 257 g/mol. The summed E-state index contributed by atoms with van der Waals surface area (Å²) in [6.45, 7) is 0. The SMILES string of the molecule is O=C(NOC(=O)c1ccccc1)c1ccc(O)cc1. The Labute approximate surface area is 109 Å². The van der Waals surface area contributed by atoms with Gasteiger partial charge in [0.25, 0.3) is 5.91 Å². The van der Waals surface area contributed by atoms with E-state index in [9.17, 15) is 9.59 Å². The molecule has 2 aromatic rings. The highest BCUT2D eigenvalue weighted by Gasteiger charge is 2.10. The molecule has 19 heavy (non-hydrogen) atoms. The second-order valence-corrected chi connectivity index (χ2v) is 3.73. The summed E-state index contributed by atoms with van der Waals surface area (Å²) in [5, 5.41) is 9.09. The number of rotatable bonds is 2. The number of aromatic hydroxyl groups is 1. The van der Waals surface area contributed by atoms with Gasteiger partial charge in [0.1, 0.15) is 5.75 Å². The number of hydroxylamine groups is 1. The van der Waals surface area contributed by atoms with Gasteiger partial charge in [-0.25, -0.2) is 4.79 Å². The van der Waals surface area contributed by atoms with Gasteiger partial charge >= 0.3 is 5.97 Å². The lowest BCUT2D eigenvalue weighted by Crippen LogP contribution is -2.27. The molecule has 0 bridgehead atoms. The van der Waals surface area contributed by atoms with E-state index in [0.29, 0.717) is 5.56 Å². The molecule has 96 valence electrons. The van der Waals surface area contributed by atoms with Gasteiger partial charge in [0.05, 0.1) is 5.56 Å². The summed E-state index contributed by atoms with van der Waals surface area (Å²) >= 11 is 0. The molecule has 2 aromatic carbocycles. The van der Waals surface area contributed by atoms with Crippen LogP contribution in [0.2, 0.25) is 0 Å². The number of hydrogen-bond donors (Lipinski definition) is 2. The van der Waals surface area contributed by atoms with Crippen LogP contribution in [0.5, 0.6) is 5.75 Å². The predicted molar refractivity (Wildman–Crippen MR) is 67.4 cm³/mol. The molecule has 0 radical (unpaired) electrons. The molecule has 0 saturated heterocycles. The van der Waals surface area contributed by atoms with E-state index in [-0.39, 0.29) is 11.3 Å². The van der Waals surface area contributed by atoms with Gasteiger partial charge in [-0.2, -0.15) is 5.48 Å². The van der Waals surface area contributed by atoms with Crippen LogP contribution in [0.25, 0.3) is 0 Å². The maximum absolute atomic E-state index is 11.6. The lowest BCUT2D eigenvalue weighted by Gasteiger charge is -2.05. The molecule has 5 nitrogen and oxygen atoms in total. The molecule has 0 saturated carbocycles. The van der Waals surface area contributed by atoms with Crippen molar-refractivity contribution in [2.75, 3.05) is 0 Å². The Bertz CT molecular complexity index is 578. The second-order valence-electron chi connectivity index (χ2n) is 3.73. The third kappa shape index (κ3) is 3.32. The van der Waals surface area contributed by atoms with Gasteiger partial charge < -0.3 is 9.94 Å². The van der Waals surface area contributed by atoms with Crippen molar-refractivity contribution in [3.8, 4) is 5.75 Å². The smallest absolute Gasteiger partial charge is 0.362 e. The number of amides is 1. The van der Waals surface area contributed by atoms with Crippen LogP contribution in [-0.2, 0) is 4.84 Å². The lowest BCUT2D eigenvalue weighted by molar-refractivity contribution is 0.0230. The number of carbonyl (C=O) groups excluding carboxylic acids is 2. The van der Waals surface area contributed by atoms with E-state index in [4.69, 9.17) is 5.11 Å². The van der Waals surface area contributed by atoms with Crippen molar-refractivity contribution >= 4 is 11.9 Å². The summed E-state index contributed by atoms with van der Waals surface area (Å²) in [5.74, 6) is -1.16. The quantitative estimate of drug-likeness (QED) is 0.805. The summed E-state index contributed by atoms with van der Waals surface area (Å²) in [6, 6.07) is 13.9. The molecule has 0 aliphatic carbocycles. The van der Waals surface area contributed by atoms with Crippen molar-refractivity contribution in [1.29, 1.82) is 0 Å². The zero-order chi connectivity index (χ0) is 13.7. The van der Waals surface area contributed by atoms with Crippen LogP contribution >= 0.6 is 0 Å². The molecular weight excluding hydrogens is 246 g/mol. The van der Waals surface area contributed by atoms with Crippen molar-refractivity contribution in [3.05, 3.63) is 65.7 Å². The second kappa shape index (κ2) is 5.68. The van der Waals surface area contributed by atoms with E-state index in [1.807, 2.05) is 5.48 Å². The Kier molecular flexibility index (Phi) is 3.78. The van der Waals surface area contributed by atoms with Gasteiger partial charge in [-0.15, -0.1) is 0 Å². The summed E-state index contributed by atoms with van der Waals surface area (Å²) in [4.78, 5) is 27.9. The van der Waals surface area contributed by atoms with Crippen molar-refractivity contribution in [3.63, 3.8) is 0 Å². The molecule has 0 spiro atoms. The minimum absolute atomic E-state index is 0.0535. The average molecular weight is 257 g/mol. The average Bonchev–Trinajstić information content (AvgIpc) is 2.46. The molecule has 0 aliphatic rings. The Hall–Kier alpha value is -2.82. The molecule has 5 heteroatoms. The van der Waals surface area contributed by atoms with Crippen LogP contribution in [0.15, 0.2) is 54.6 Å². The predicted octanol–water partition coefficient (Wildman–Crippen LogP) is 1.89. The van der Waals surface area contributed by atoms with E-state index in [2.05, 4.69) is 4.84 Å². The standard InChI is InChI=1S/C14H11NO4/c16-12-8-6-10(7-9-12)13(17)15-19-14(18)11-4-2-1-3-5-11/h1-9,16H,(H,15,17). The summed E-state index contributed by atoms with van der Waals surface area (Å²) in [5.41, 5.74) is 2.66. The number of phenolic OH excluding ortho intramolecular Hbond substituents is 1. The van der Waals surface area contributed by atoms with E-state index in [1.165, 1.54) is 24.3 Å². The molecule has 0 heterocycles. The van der Waals surface area contributed by atoms with Gasteiger partial charge in [-0.05, 0) is 36.4 Å². The first kappa shape index (κ1) is 12.6. The van der Waals surface area contributed by atoms with Crippen LogP contribution < -0.4 is 5.48 Å². The molecule has 2 N–H and O–H groups in total. The Morgan fingerprint density at radius 2 is 1.53 bits per heavy atom. The zero-order valence-electron chi connectivity index (χ0n) is 9.87. The number of carbonyl (C=O) groups is 2. The van der Waals surface area contributed by atoms with Crippen LogP contribution in [0.4, 0.5) is 0 Å². The maximum atomic E-state index is 11.6. The molecule has 1 amide bonds. The number of phenols is 1. The van der Waals surface area contributed by atoms with Crippen LogP contribution in [0.3, 0.4) is 0 Å². The van der Waals surface area contributed by atoms with Crippen LogP contribution in [0, 0.1) is 0 Å². The fraction of sp³-hybridized carbons (Fsp3) is 0. The minimum Gasteiger partial charge on any atom is -0.508 e. The largest absolute Gasteiger partial charge is 0.508 e. The van der Waals surface area contributed by atoms with Crippen molar-refractivity contribution in [1.82, 2.24) is 5.48 Å². The van der Waals surface area contributed by atoms with Gasteiger partial charge in [0, 0.05) is 5.56 Å². The van der Waals surface area contributed by atoms with Crippen molar-refractivity contribution in [2.45, 2.75) is 0 Å². The third-order valence-electron chi connectivity index (χ3n) is 2.38. The van der Waals surface area contributed by atoms with E-state index < -0.39 is 11.9 Å². The number of nitrogens with one attached hydrogen (secondary N) is 1. The first-order valence-electron chi connectivity index (χ1n) is 5.52. The normalized spacial score (nSPS) is 9.68. The summed E-state index contributed by atoms with van der Waals surface area (Å²) < 4.78 is 0. The third-order valence-corrected chi connectivity index (χ3v) is 2.38. The Morgan fingerprint density at radius 3 is 2.16 bits per heavy atom. The van der Waals surface area contributed by atoms with E-state index in [1.54, 1.807) is 30.3 Å². The van der Waals surface area contributed by atoms with Crippen LogP contribution in [-0.4, -0.2) is 17.0 Å². The Balaban J connectivity index is 1.94. The molecule has 0 aromatic heterocycles. The van der Waals surface area contributed by atoms with Crippen molar-refractivity contribution < 1.29 is 19.5 Å². The zero-order valence-corrected chi connectivity index (χ0v) is 9.87. The minimum atomic E-state index is -0.646. The molecule has 0 aliphatic heterocycles. The van der Waals surface area contributed by atoms with Gasteiger partial charge in [-0.3, -0.25) is 4.79 Å². The highest BCUT2D eigenvalue weighted by atomic mass is 16.7.